The number of aromatic nitrogens is 2. The van der Waals surface area contributed by atoms with Gasteiger partial charge in [-0.3, -0.25) is 4.68 Å². The highest BCUT2D eigenvalue weighted by atomic mass is 79.9. The molecule has 1 aromatic heterocycles. The molecule has 0 radical (unpaired) electrons. The molecular weight excluding hydrogens is 340 g/mol. The van der Waals surface area contributed by atoms with Gasteiger partial charge >= 0.3 is 0 Å². The van der Waals surface area contributed by atoms with E-state index in [0.717, 1.165) is 28.3 Å². The number of benzene rings is 1. The summed E-state index contributed by atoms with van der Waals surface area (Å²) in [5, 5.41) is 7.47. The Bertz CT molecular complexity index is 640. The predicted octanol–water partition coefficient (Wildman–Crippen LogP) is 3.53. The molecular formula is C15H18BrF2N3. The summed E-state index contributed by atoms with van der Waals surface area (Å²) >= 11 is 3.55. The molecule has 0 spiro atoms. The van der Waals surface area contributed by atoms with E-state index in [2.05, 4.69) is 26.3 Å². The molecule has 1 atom stereocenters. The van der Waals surface area contributed by atoms with Gasteiger partial charge in [0, 0.05) is 25.1 Å². The third kappa shape index (κ3) is 3.16. The van der Waals surface area contributed by atoms with Crippen LogP contribution in [-0.2, 0) is 19.9 Å². The molecule has 0 saturated carbocycles. The Morgan fingerprint density at radius 2 is 2.10 bits per heavy atom. The van der Waals surface area contributed by atoms with Gasteiger partial charge < -0.3 is 5.32 Å². The molecule has 114 valence electrons. The van der Waals surface area contributed by atoms with Crippen LogP contribution in [0, 0.1) is 11.6 Å². The van der Waals surface area contributed by atoms with Crippen LogP contribution in [0.5, 0.6) is 0 Å². The van der Waals surface area contributed by atoms with E-state index in [4.69, 9.17) is 0 Å². The Kier molecular flexibility index (Phi) is 5.11. The molecule has 3 nitrogen and oxygen atoms in total. The van der Waals surface area contributed by atoms with E-state index in [0.29, 0.717) is 12.0 Å². The second kappa shape index (κ2) is 6.66. The minimum absolute atomic E-state index is 0.322. The zero-order chi connectivity index (χ0) is 15.6. The quantitative estimate of drug-likeness (QED) is 0.886. The summed E-state index contributed by atoms with van der Waals surface area (Å²) < 4.78 is 30.1. The van der Waals surface area contributed by atoms with Gasteiger partial charge in [0.05, 0.1) is 15.9 Å². The van der Waals surface area contributed by atoms with Gasteiger partial charge in [-0.2, -0.15) is 5.10 Å². The summed E-state index contributed by atoms with van der Waals surface area (Å²) in [6.45, 7) is 2.03. The van der Waals surface area contributed by atoms with Crippen LogP contribution in [0.4, 0.5) is 8.78 Å². The Morgan fingerprint density at radius 3 is 2.67 bits per heavy atom. The van der Waals surface area contributed by atoms with Gasteiger partial charge in [0.25, 0.3) is 0 Å². The summed E-state index contributed by atoms with van der Waals surface area (Å²) in [4.78, 5) is 0. The number of rotatable bonds is 5. The second-order valence-electron chi connectivity index (χ2n) is 4.87. The van der Waals surface area contributed by atoms with Gasteiger partial charge in [0.2, 0.25) is 0 Å². The van der Waals surface area contributed by atoms with Crippen molar-refractivity contribution in [3.8, 4) is 0 Å². The lowest BCUT2D eigenvalue weighted by atomic mass is 10.0. The van der Waals surface area contributed by atoms with E-state index in [1.54, 1.807) is 17.8 Å². The Morgan fingerprint density at radius 1 is 1.38 bits per heavy atom. The summed E-state index contributed by atoms with van der Waals surface area (Å²) in [7, 11) is 3.59. The van der Waals surface area contributed by atoms with Gasteiger partial charge in [-0.05, 0) is 35.5 Å². The first-order valence-corrected chi connectivity index (χ1v) is 7.60. The van der Waals surface area contributed by atoms with Crippen LogP contribution in [0.15, 0.2) is 22.7 Å². The molecule has 1 aromatic carbocycles. The number of aryl methyl sites for hydroxylation is 2. The average molecular weight is 358 g/mol. The smallest absolute Gasteiger partial charge is 0.163 e. The summed E-state index contributed by atoms with van der Waals surface area (Å²) in [5.41, 5.74) is 2.24. The molecule has 1 unspecified atom stereocenters. The fourth-order valence-corrected chi connectivity index (χ4v) is 3.17. The molecule has 2 aromatic rings. The summed E-state index contributed by atoms with van der Waals surface area (Å²) in [6, 6.07) is 3.93. The van der Waals surface area contributed by atoms with Crippen molar-refractivity contribution < 1.29 is 8.78 Å². The molecule has 0 saturated heterocycles. The number of halogens is 3. The van der Waals surface area contributed by atoms with Crippen LogP contribution in [0.25, 0.3) is 0 Å². The molecule has 21 heavy (non-hydrogen) atoms. The van der Waals surface area contributed by atoms with E-state index < -0.39 is 11.6 Å². The third-order valence-corrected chi connectivity index (χ3v) is 4.52. The van der Waals surface area contributed by atoms with Gasteiger partial charge in [-0.15, -0.1) is 0 Å². The largest absolute Gasteiger partial charge is 0.313 e. The minimum atomic E-state index is -0.828. The molecule has 2 rings (SSSR count). The van der Waals surface area contributed by atoms with E-state index in [-0.39, 0.29) is 6.04 Å². The monoisotopic (exact) mass is 357 g/mol. The Labute approximate surface area is 131 Å². The number of hydrogen-bond donors (Lipinski definition) is 1. The highest BCUT2D eigenvalue weighted by molar-refractivity contribution is 9.10. The molecule has 1 heterocycles. The van der Waals surface area contributed by atoms with Gasteiger partial charge in [0.1, 0.15) is 0 Å². The topological polar surface area (TPSA) is 29.9 Å². The van der Waals surface area contributed by atoms with Crippen LogP contribution in [0.2, 0.25) is 0 Å². The summed E-state index contributed by atoms with van der Waals surface area (Å²) in [5.74, 6) is -1.63. The lowest BCUT2D eigenvalue weighted by molar-refractivity contribution is 0.468. The van der Waals surface area contributed by atoms with Crippen LogP contribution in [0.3, 0.4) is 0 Å². The Balaban J connectivity index is 2.36. The van der Waals surface area contributed by atoms with Crippen molar-refractivity contribution >= 4 is 15.9 Å². The maximum atomic E-state index is 14.0. The lowest BCUT2D eigenvalue weighted by Crippen LogP contribution is -2.22. The molecule has 0 amide bonds. The normalized spacial score (nSPS) is 12.7. The van der Waals surface area contributed by atoms with Crippen LogP contribution in [0.1, 0.15) is 29.9 Å². The number of hydrogen-bond acceptors (Lipinski definition) is 2. The molecule has 0 aliphatic carbocycles. The van der Waals surface area contributed by atoms with Gasteiger partial charge in [0.15, 0.2) is 11.6 Å². The zero-order valence-electron chi connectivity index (χ0n) is 12.3. The Hall–Kier alpha value is -1.27. The van der Waals surface area contributed by atoms with Crippen molar-refractivity contribution in [3.63, 3.8) is 0 Å². The first-order valence-electron chi connectivity index (χ1n) is 6.81. The number of nitrogens with one attached hydrogen (secondary N) is 1. The number of nitrogens with zero attached hydrogens (tertiary/aromatic N) is 2. The molecule has 0 bridgehead atoms. The average Bonchev–Trinajstić information content (AvgIpc) is 2.74. The maximum Gasteiger partial charge on any atom is 0.163 e. The lowest BCUT2D eigenvalue weighted by Gasteiger charge is -2.18. The van der Waals surface area contributed by atoms with Gasteiger partial charge in [-0.25, -0.2) is 8.78 Å². The van der Waals surface area contributed by atoms with Crippen molar-refractivity contribution in [1.29, 1.82) is 0 Å². The van der Waals surface area contributed by atoms with Crippen LogP contribution < -0.4 is 5.32 Å². The SMILES string of the molecule is CCc1nn(C)c(CC(NC)c2cccc(F)c2F)c1Br. The fourth-order valence-electron chi connectivity index (χ4n) is 2.39. The van der Waals surface area contributed by atoms with Crippen molar-refractivity contribution in [2.75, 3.05) is 7.05 Å². The summed E-state index contributed by atoms with van der Waals surface area (Å²) in [6.07, 6.45) is 1.33. The molecule has 0 aliphatic heterocycles. The van der Waals surface area contributed by atoms with E-state index >= 15 is 0 Å². The first-order chi connectivity index (χ1) is 9.99. The van der Waals surface area contributed by atoms with Crippen molar-refractivity contribution in [2.24, 2.45) is 7.05 Å². The zero-order valence-corrected chi connectivity index (χ0v) is 13.8. The van der Waals surface area contributed by atoms with Gasteiger partial charge in [-0.1, -0.05) is 19.1 Å². The minimum Gasteiger partial charge on any atom is -0.313 e. The molecule has 6 heteroatoms. The van der Waals surface area contributed by atoms with E-state index in [1.807, 2.05) is 14.0 Å². The second-order valence-corrected chi connectivity index (χ2v) is 5.67. The highest BCUT2D eigenvalue weighted by Crippen LogP contribution is 2.28. The fraction of sp³-hybridized carbons (Fsp3) is 0.400. The van der Waals surface area contributed by atoms with E-state index in [9.17, 15) is 8.78 Å². The maximum absolute atomic E-state index is 14.0. The highest BCUT2D eigenvalue weighted by Gasteiger charge is 2.21. The van der Waals surface area contributed by atoms with Crippen molar-refractivity contribution in [1.82, 2.24) is 15.1 Å². The molecule has 0 fully saturated rings. The number of likely N-dealkylation sites (N-methyl/N-ethyl adjacent to an activating group) is 1. The van der Waals surface area contributed by atoms with Crippen molar-refractivity contribution in [3.05, 3.63) is 51.3 Å². The molecule has 0 aliphatic rings. The van der Waals surface area contributed by atoms with Crippen LogP contribution in [-0.4, -0.2) is 16.8 Å². The standard InChI is InChI=1S/C15H18BrF2N3/c1-4-11-14(16)13(21(3)20-11)8-12(19-2)9-6-5-7-10(17)15(9)18/h5-7,12,19H,4,8H2,1-3H3. The molecule has 1 N–H and O–H groups in total. The first kappa shape index (κ1) is 16.1. The predicted molar refractivity (Wildman–Crippen MR) is 82.1 cm³/mol. The van der Waals surface area contributed by atoms with E-state index in [1.165, 1.54) is 6.07 Å². The van der Waals surface area contributed by atoms with Crippen molar-refractivity contribution in [2.45, 2.75) is 25.8 Å². The van der Waals surface area contributed by atoms with Crippen LogP contribution >= 0.6 is 15.9 Å². The third-order valence-electron chi connectivity index (χ3n) is 3.61.